The zero-order valence-corrected chi connectivity index (χ0v) is 17.4. The molecule has 0 aliphatic rings. The number of thiazole rings is 1. The Balaban J connectivity index is 1.54. The van der Waals surface area contributed by atoms with E-state index in [0.717, 1.165) is 17.0 Å². The third-order valence-electron chi connectivity index (χ3n) is 4.23. The Morgan fingerprint density at radius 2 is 1.90 bits per heavy atom. The minimum Gasteiger partial charge on any atom is -0.333 e. The monoisotopic (exact) mass is 438 g/mol. The van der Waals surface area contributed by atoms with Gasteiger partial charge in [0.1, 0.15) is 10.8 Å². The molecule has 30 heavy (non-hydrogen) atoms. The smallest absolute Gasteiger partial charge is 0.333 e. The van der Waals surface area contributed by atoms with Crippen LogP contribution >= 0.6 is 11.3 Å². The summed E-state index contributed by atoms with van der Waals surface area (Å²) in [5.74, 6) is 1.43. The SMILES string of the molecule is CC(C)c1n[nH]c(C(C)NC(=O)NCc2cnc(-c3ccc(C(F)(F)F)cc3)s2)n1. The molecule has 2 heterocycles. The number of carbonyl (C=O) groups is 1. The number of H-pyrrole nitrogens is 1. The Morgan fingerprint density at radius 1 is 1.20 bits per heavy atom. The van der Waals surface area contributed by atoms with E-state index in [4.69, 9.17) is 0 Å². The van der Waals surface area contributed by atoms with Crippen LogP contribution in [-0.2, 0) is 12.7 Å². The fourth-order valence-electron chi connectivity index (χ4n) is 2.55. The number of carbonyl (C=O) groups excluding carboxylic acids is 1. The van der Waals surface area contributed by atoms with E-state index in [2.05, 4.69) is 30.8 Å². The van der Waals surface area contributed by atoms with E-state index >= 15 is 0 Å². The molecule has 0 aliphatic carbocycles. The van der Waals surface area contributed by atoms with Crippen molar-refractivity contribution in [3.05, 3.63) is 52.6 Å². The number of benzene rings is 1. The first-order chi connectivity index (χ1) is 14.1. The zero-order valence-electron chi connectivity index (χ0n) is 16.5. The van der Waals surface area contributed by atoms with Gasteiger partial charge in [0.15, 0.2) is 5.82 Å². The van der Waals surface area contributed by atoms with E-state index in [1.165, 1.54) is 23.5 Å². The summed E-state index contributed by atoms with van der Waals surface area (Å²) in [6.45, 7) is 5.99. The van der Waals surface area contributed by atoms with Crippen LogP contribution in [0.3, 0.4) is 0 Å². The highest BCUT2D eigenvalue weighted by atomic mass is 32.1. The first-order valence-electron chi connectivity index (χ1n) is 9.22. The number of halogens is 3. The minimum absolute atomic E-state index is 0.182. The van der Waals surface area contributed by atoms with E-state index in [9.17, 15) is 18.0 Å². The molecule has 1 atom stereocenters. The summed E-state index contributed by atoms with van der Waals surface area (Å²) in [5, 5.41) is 13.0. The molecule has 0 radical (unpaired) electrons. The quantitative estimate of drug-likeness (QED) is 0.523. The predicted octanol–water partition coefficient (Wildman–Crippen LogP) is 4.63. The molecule has 0 saturated carbocycles. The molecule has 7 nitrogen and oxygen atoms in total. The summed E-state index contributed by atoms with van der Waals surface area (Å²) in [6, 6.07) is 4.09. The number of aromatic amines is 1. The summed E-state index contributed by atoms with van der Waals surface area (Å²) in [7, 11) is 0. The summed E-state index contributed by atoms with van der Waals surface area (Å²) in [5.41, 5.74) is -0.119. The van der Waals surface area contributed by atoms with E-state index in [0.29, 0.717) is 22.2 Å². The largest absolute Gasteiger partial charge is 0.416 e. The molecule has 2 aromatic heterocycles. The van der Waals surface area contributed by atoms with Crippen LogP contribution in [0.2, 0.25) is 0 Å². The maximum absolute atomic E-state index is 12.7. The van der Waals surface area contributed by atoms with Crippen LogP contribution in [0.25, 0.3) is 10.6 Å². The lowest BCUT2D eigenvalue weighted by Crippen LogP contribution is -2.36. The number of amides is 2. The molecule has 11 heteroatoms. The van der Waals surface area contributed by atoms with Crippen molar-refractivity contribution in [1.29, 1.82) is 0 Å². The average molecular weight is 438 g/mol. The van der Waals surface area contributed by atoms with Crippen LogP contribution in [0.4, 0.5) is 18.0 Å². The Labute approximate surface area is 175 Å². The predicted molar refractivity (Wildman–Crippen MR) is 107 cm³/mol. The third-order valence-corrected chi connectivity index (χ3v) is 5.28. The van der Waals surface area contributed by atoms with Gasteiger partial charge in [-0.3, -0.25) is 5.10 Å². The average Bonchev–Trinajstić information content (AvgIpc) is 3.36. The van der Waals surface area contributed by atoms with Gasteiger partial charge < -0.3 is 10.6 Å². The van der Waals surface area contributed by atoms with Crippen LogP contribution in [0.1, 0.15) is 54.8 Å². The number of rotatable bonds is 6. The summed E-state index contributed by atoms with van der Waals surface area (Å²) in [6.07, 6.45) is -2.78. The van der Waals surface area contributed by atoms with Gasteiger partial charge in [0.2, 0.25) is 0 Å². The van der Waals surface area contributed by atoms with Crippen LogP contribution in [0.5, 0.6) is 0 Å². The van der Waals surface area contributed by atoms with E-state index in [1.807, 2.05) is 13.8 Å². The number of nitrogens with one attached hydrogen (secondary N) is 3. The lowest BCUT2D eigenvalue weighted by Gasteiger charge is -2.11. The Kier molecular flexibility index (Phi) is 6.40. The molecule has 0 bridgehead atoms. The molecule has 1 unspecified atom stereocenters. The van der Waals surface area contributed by atoms with Gasteiger partial charge in [-0.1, -0.05) is 26.0 Å². The second-order valence-electron chi connectivity index (χ2n) is 6.99. The van der Waals surface area contributed by atoms with E-state index in [1.54, 1.807) is 13.1 Å². The van der Waals surface area contributed by atoms with Gasteiger partial charge in [0.25, 0.3) is 0 Å². The summed E-state index contributed by atoms with van der Waals surface area (Å²) >= 11 is 1.30. The fraction of sp³-hybridized carbons (Fsp3) is 0.368. The summed E-state index contributed by atoms with van der Waals surface area (Å²) < 4.78 is 38.0. The standard InChI is InChI=1S/C19H21F3N6OS/c1-10(2)15-26-16(28-27-15)11(3)25-18(29)24-9-14-8-23-17(30-14)12-4-6-13(7-5-12)19(20,21)22/h4-8,10-11H,9H2,1-3H3,(H2,24,25,29)(H,26,27,28). The van der Waals surface area contributed by atoms with Crippen LogP contribution in [0, 0.1) is 0 Å². The van der Waals surface area contributed by atoms with E-state index in [-0.39, 0.29) is 24.5 Å². The van der Waals surface area contributed by atoms with Crippen molar-refractivity contribution in [3.63, 3.8) is 0 Å². The molecule has 0 fully saturated rings. The second-order valence-corrected chi connectivity index (χ2v) is 8.10. The number of hydrogen-bond donors (Lipinski definition) is 3. The highest BCUT2D eigenvalue weighted by Crippen LogP contribution is 2.32. The van der Waals surface area contributed by atoms with Gasteiger partial charge >= 0.3 is 12.2 Å². The molecule has 160 valence electrons. The Hall–Kier alpha value is -2.95. The minimum atomic E-state index is -4.37. The molecule has 0 saturated heterocycles. The first-order valence-corrected chi connectivity index (χ1v) is 10.0. The fourth-order valence-corrected chi connectivity index (χ4v) is 3.41. The molecule has 0 spiro atoms. The zero-order chi connectivity index (χ0) is 21.9. The highest BCUT2D eigenvalue weighted by molar-refractivity contribution is 7.15. The van der Waals surface area contributed by atoms with Gasteiger partial charge in [-0.05, 0) is 19.1 Å². The number of nitrogens with zero attached hydrogens (tertiary/aromatic N) is 3. The molecule has 2 amide bonds. The third kappa shape index (κ3) is 5.35. The Bertz CT molecular complexity index is 996. The van der Waals surface area contributed by atoms with Gasteiger partial charge in [0.05, 0.1) is 18.2 Å². The maximum atomic E-state index is 12.7. The molecule has 3 rings (SSSR count). The van der Waals surface area contributed by atoms with Crippen LogP contribution < -0.4 is 10.6 Å². The van der Waals surface area contributed by atoms with Crippen molar-refractivity contribution < 1.29 is 18.0 Å². The topological polar surface area (TPSA) is 95.6 Å². The van der Waals surface area contributed by atoms with Crippen molar-refractivity contribution in [2.45, 2.75) is 45.5 Å². The van der Waals surface area contributed by atoms with Crippen molar-refractivity contribution in [1.82, 2.24) is 30.8 Å². The molecule has 1 aromatic carbocycles. The van der Waals surface area contributed by atoms with Crippen LogP contribution in [0.15, 0.2) is 30.5 Å². The normalized spacial score (nSPS) is 12.8. The van der Waals surface area contributed by atoms with Gasteiger partial charge in [-0.15, -0.1) is 11.3 Å². The molecule has 3 aromatic rings. The lowest BCUT2D eigenvalue weighted by atomic mass is 10.1. The molecule has 3 N–H and O–H groups in total. The van der Waals surface area contributed by atoms with Crippen molar-refractivity contribution in [3.8, 4) is 10.6 Å². The number of aromatic nitrogens is 4. The van der Waals surface area contributed by atoms with Crippen molar-refractivity contribution in [2.75, 3.05) is 0 Å². The lowest BCUT2D eigenvalue weighted by molar-refractivity contribution is -0.137. The Morgan fingerprint density at radius 3 is 2.50 bits per heavy atom. The van der Waals surface area contributed by atoms with Crippen molar-refractivity contribution >= 4 is 17.4 Å². The van der Waals surface area contributed by atoms with Crippen molar-refractivity contribution in [2.24, 2.45) is 0 Å². The maximum Gasteiger partial charge on any atom is 0.416 e. The number of hydrogen-bond acceptors (Lipinski definition) is 5. The second kappa shape index (κ2) is 8.82. The van der Waals surface area contributed by atoms with Gasteiger partial charge in [0, 0.05) is 22.6 Å². The molecular weight excluding hydrogens is 417 g/mol. The summed E-state index contributed by atoms with van der Waals surface area (Å²) in [4.78, 5) is 21.5. The number of urea groups is 1. The van der Waals surface area contributed by atoms with Gasteiger partial charge in [-0.25, -0.2) is 14.8 Å². The highest BCUT2D eigenvalue weighted by Gasteiger charge is 2.30. The van der Waals surface area contributed by atoms with Gasteiger partial charge in [-0.2, -0.15) is 18.3 Å². The molecule has 0 aliphatic heterocycles. The van der Waals surface area contributed by atoms with E-state index < -0.39 is 11.7 Å². The number of alkyl halides is 3. The first kappa shape index (κ1) is 21.8. The molecular formula is C19H21F3N6OS. The van der Waals surface area contributed by atoms with Crippen LogP contribution in [-0.4, -0.2) is 26.2 Å².